The smallest absolute Gasteiger partial charge is 0.120 e. The molecule has 3 nitrogen and oxygen atoms in total. The number of aryl methyl sites for hydroxylation is 2. The van der Waals surface area contributed by atoms with Gasteiger partial charge in [0.2, 0.25) is 0 Å². The van der Waals surface area contributed by atoms with Gasteiger partial charge in [0.1, 0.15) is 6.29 Å². The molecular weight excluding hydrogens is 128 g/mol. The summed E-state index contributed by atoms with van der Waals surface area (Å²) in [5.41, 5.74) is 1.10. The fourth-order valence-electron chi connectivity index (χ4n) is 0.853. The quantitative estimate of drug-likeness (QED) is 0.572. The van der Waals surface area contributed by atoms with E-state index in [-0.39, 0.29) is 0 Å². The maximum Gasteiger partial charge on any atom is 0.120 e. The average molecular weight is 138 g/mol. The van der Waals surface area contributed by atoms with E-state index in [0.29, 0.717) is 6.42 Å². The molecule has 0 aliphatic rings. The van der Waals surface area contributed by atoms with Crippen molar-refractivity contribution in [2.45, 2.75) is 12.8 Å². The van der Waals surface area contributed by atoms with E-state index in [1.54, 1.807) is 10.9 Å². The molecule has 10 heavy (non-hydrogen) atoms. The summed E-state index contributed by atoms with van der Waals surface area (Å²) in [6, 6.07) is 1.92. The third kappa shape index (κ3) is 1.43. The lowest BCUT2D eigenvalue weighted by atomic mass is 10.2. The Morgan fingerprint density at radius 1 is 1.80 bits per heavy atom. The van der Waals surface area contributed by atoms with Crippen LogP contribution in [-0.2, 0) is 18.3 Å². The van der Waals surface area contributed by atoms with Gasteiger partial charge in [0.25, 0.3) is 0 Å². The van der Waals surface area contributed by atoms with E-state index < -0.39 is 0 Å². The van der Waals surface area contributed by atoms with Crippen LogP contribution in [0.5, 0.6) is 0 Å². The second kappa shape index (κ2) is 3.15. The zero-order valence-electron chi connectivity index (χ0n) is 5.95. The summed E-state index contributed by atoms with van der Waals surface area (Å²) in [4.78, 5) is 9.98. The number of nitrogens with zero attached hydrogens (tertiary/aromatic N) is 2. The van der Waals surface area contributed by atoms with Gasteiger partial charge >= 0.3 is 0 Å². The Bertz CT molecular complexity index is 217. The molecule has 0 saturated heterocycles. The van der Waals surface area contributed by atoms with Crippen LogP contribution in [0.1, 0.15) is 12.1 Å². The molecule has 0 aromatic carbocycles. The van der Waals surface area contributed by atoms with Crippen LogP contribution in [0, 0.1) is 0 Å². The van der Waals surface area contributed by atoms with E-state index in [0.717, 1.165) is 18.4 Å². The number of carbonyl (C=O) groups excluding carboxylic acids is 1. The minimum atomic E-state index is 0.583. The minimum absolute atomic E-state index is 0.583. The molecule has 0 radical (unpaired) electrons. The normalized spacial score (nSPS) is 9.70. The van der Waals surface area contributed by atoms with Crippen molar-refractivity contribution in [3.05, 3.63) is 18.0 Å². The van der Waals surface area contributed by atoms with Crippen LogP contribution < -0.4 is 0 Å². The molecule has 0 unspecified atom stereocenters. The van der Waals surface area contributed by atoms with Gasteiger partial charge in [0.15, 0.2) is 0 Å². The van der Waals surface area contributed by atoms with Gasteiger partial charge in [0.05, 0.1) is 0 Å². The fraction of sp³-hybridized carbons (Fsp3) is 0.429. The van der Waals surface area contributed by atoms with E-state index in [1.807, 2.05) is 13.1 Å². The summed E-state index contributed by atoms with van der Waals surface area (Å²) < 4.78 is 1.78. The lowest BCUT2D eigenvalue weighted by molar-refractivity contribution is -0.107. The number of carbonyl (C=O) groups is 1. The minimum Gasteiger partial charge on any atom is -0.303 e. The fourth-order valence-corrected chi connectivity index (χ4v) is 0.853. The highest BCUT2D eigenvalue weighted by atomic mass is 16.1. The van der Waals surface area contributed by atoms with Crippen molar-refractivity contribution >= 4 is 6.29 Å². The predicted molar refractivity (Wildman–Crippen MR) is 37.6 cm³/mol. The zero-order chi connectivity index (χ0) is 7.40. The molecule has 1 rings (SSSR count). The molecule has 54 valence electrons. The van der Waals surface area contributed by atoms with Crippen molar-refractivity contribution in [3.8, 4) is 0 Å². The second-order valence-corrected chi connectivity index (χ2v) is 2.15. The summed E-state index contributed by atoms with van der Waals surface area (Å²) in [5, 5.41) is 3.97. The summed E-state index contributed by atoms with van der Waals surface area (Å²) in [5.74, 6) is 0. The van der Waals surface area contributed by atoms with Crippen LogP contribution >= 0.6 is 0 Å². The molecule has 0 amide bonds. The standard InChI is InChI=1S/C7H10N2O/c1-9-7(3-2-6-10)4-5-8-9/h4-6H,2-3H2,1H3. The molecule has 0 aliphatic heterocycles. The second-order valence-electron chi connectivity index (χ2n) is 2.15. The Labute approximate surface area is 59.7 Å². The average Bonchev–Trinajstić information content (AvgIpc) is 2.31. The van der Waals surface area contributed by atoms with Crippen molar-refractivity contribution in [2.24, 2.45) is 7.05 Å². The van der Waals surface area contributed by atoms with Crippen molar-refractivity contribution in [3.63, 3.8) is 0 Å². The van der Waals surface area contributed by atoms with E-state index in [9.17, 15) is 4.79 Å². The molecule has 1 aromatic rings. The Kier molecular flexibility index (Phi) is 2.20. The Balaban J connectivity index is 2.56. The van der Waals surface area contributed by atoms with Crippen LogP contribution in [0.3, 0.4) is 0 Å². The first-order valence-corrected chi connectivity index (χ1v) is 3.25. The molecule has 0 fully saturated rings. The lowest BCUT2D eigenvalue weighted by Crippen LogP contribution is -1.97. The van der Waals surface area contributed by atoms with Crippen LogP contribution in [0.25, 0.3) is 0 Å². The van der Waals surface area contributed by atoms with Crippen LogP contribution in [0.4, 0.5) is 0 Å². The highest BCUT2D eigenvalue weighted by Crippen LogP contribution is 1.98. The molecule has 0 atom stereocenters. The third-order valence-corrected chi connectivity index (χ3v) is 1.44. The number of aldehydes is 1. The number of hydrogen-bond donors (Lipinski definition) is 0. The van der Waals surface area contributed by atoms with Gasteiger partial charge < -0.3 is 4.79 Å². The lowest BCUT2D eigenvalue weighted by Gasteiger charge is -1.95. The van der Waals surface area contributed by atoms with Gasteiger partial charge in [-0.25, -0.2) is 0 Å². The maximum absolute atomic E-state index is 9.98. The summed E-state index contributed by atoms with van der Waals surface area (Å²) in [6.45, 7) is 0. The third-order valence-electron chi connectivity index (χ3n) is 1.44. The van der Waals surface area contributed by atoms with E-state index in [1.165, 1.54) is 0 Å². The van der Waals surface area contributed by atoms with E-state index in [4.69, 9.17) is 0 Å². The van der Waals surface area contributed by atoms with E-state index in [2.05, 4.69) is 5.10 Å². The number of hydrogen-bond acceptors (Lipinski definition) is 2. The van der Waals surface area contributed by atoms with Gasteiger partial charge in [-0.15, -0.1) is 0 Å². The molecule has 0 aliphatic carbocycles. The first kappa shape index (κ1) is 6.99. The number of rotatable bonds is 3. The Hall–Kier alpha value is -1.12. The largest absolute Gasteiger partial charge is 0.303 e. The molecule has 0 bridgehead atoms. The molecule has 1 aromatic heterocycles. The number of aromatic nitrogens is 2. The topological polar surface area (TPSA) is 34.9 Å². The van der Waals surface area contributed by atoms with E-state index >= 15 is 0 Å². The van der Waals surface area contributed by atoms with Gasteiger partial charge in [-0.2, -0.15) is 5.10 Å². The van der Waals surface area contributed by atoms with Crippen molar-refractivity contribution in [1.29, 1.82) is 0 Å². The van der Waals surface area contributed by atoms with Crippen molar-refractivity contribution in [1.82, 2.24) is 9.78 Å². The predicted octanol–water partition coefficient (Wildman–Crippen LogP) is 0.552. The first-order chi connectivity index (χ1) is 4.84. The molecule has 1 heterocycles. The Morgan fingerprint density at radius 2 is 2.60 bits per heavy atom. The maximum atomic E-state index is 9.98. The van der Waals surface area contributed by atoms with Crippen LogP contribution in [0.2, 0.25) is 0 Å². The molecule has 0 N–H and O–H groups in total. The van der Waals surface area contributed by atoms with Gasteiger partial charge in [0, 0.05) is 25.4 Å². The SMILES string of the molecule is Cn1nccc1CCC=O. The zero-order valence-corrected chi connectivity index (χ0v) is 5.95. The van der Waals surface area contributed by atoms with Gasteiger partial charge in [-0.05, 0) is 12.5 Å². The highest BCUT2D eigenvalue weighted by Gasteiger charge is 1.95. The van der Waals surface area contributed by atoms with Crippen molar-refractivity contribution in [2.75, 3.05) is 0 Å². The van der Waals surface area contributed by atoms with Crippen LogP contribution in [-0.4, -0.2) is 16.1 Å². The molecular formula is C7H10N2O. The first-order valence-electron chi connectivity index (χ1n) is 3.25. The summed E-state index contributed by atoms with van der Waals surface area (Å²) in [6.07, 6.45) is 4.03. The monoisotopic (exact) mass is 138 g/mol. The Morgan fingerprint density at radius 3 is 3.10 bits per heavy atom. The van der Waals surface area contributed by atoms with Crippen LogP contribution in [0.15, 0.2) is 12.3 Å². The summed E-state index contributed by atoms with van der Waals surface area (Å²) in [7, 11) is 1.88. The van der Waals surface area contributed by atoms with Gasteiger partial charge in [-0.3, -0.25) is 4.68 Å². The molecule has 3 heteroatoms. The molecule has 0 saturated carbocycles. The molecule has 0 spiro atoms. The van der Waals surface area contributed by atoms with Gasteiger partial charge in [-0.1, -0.05) is 0 Å². The van der Waals surface area contributed by atoms with Crippen molar-refractivity contribution < 1.29 is 4.79 Å². The highest BCUT2D eigenvalue weighted by molar-refractivity contribution is 5.49. The summed E-state index contributed by atoms with van der Waals surface area (Å²) >= 11 is 0.